The molecule has 0 aliphatic carbocycles. The molecule has 1 amide bonds. The molecule has 0 aliphatic heterocycles. The van der Waals surface area contributed by atoms with E-state index in [0.717, 1.165) is 0 Å². The van der Waals surface area contributed by atoms with Gasteiger partial charge in [-0.2, -0.15) is 0 Å². The van der Waals surface area contributed by atoms with Crippen LogP contribution in [-0.2, 0) is 4.79 Å². The van der Waals surface area contributed by atoms with Crippen LogP contribution in [0.25, 0.3) is 0 Å². The number of hydrogen-bond acceptors (Lipinski definition) is 2. The van der Waals surface area contributed by atoms with Crippen LogP contribution in [0, 0.1) is 12.7 Å². The second kappa shape index (κ2) is 5.17. The molecule has 0 saturated heterocycles. The molecule has 4 heteroatoms. The fraction of sp³-hybridized carbons (Fsp3) is 0.462. The Morgan fingerprint density at radius 3 is 2.65 bits per heavy atom. The monoisotopic (exact) mass is 239 g/mol. The first-order chi connectivity index (χ1) is 7.79. The molecule has 0 saturated carbocycles. The molecule has 0 atom stereocenters. The Morgan fingerprint density at radius 1 is 1.41 bits per heavy atom. The van der Waals surface area contributed by atoms with Gasteiger partial charge in [-0.15, -0.1) is 0 Å². The lowest BCUT2D eigenvalue weighted by molar-refractivity contribution is -0.124. The average Bonchev–Trinajstić information content (AvgIpc) is 2.18. The summed E-state index contributed by atoms with van der Waals surface area (Å²) in [7, 11) is 0. The van der Waals surface area contributed by atoms with Crippen molar-refractivity contribution in [1.82, 2.24) is 5.32 Å². The molecule has 0 aliphatic rings. The van der Waals surface area contributed by atoms with Gasteiger partial charge in [-0.3, -0.25) is 4.79 Å². The first kappa shape index (κ1) is 13.5. The van der Waals surface area contributed by atoms with Crippen LogP contribution in [0.5, 0.6) is 5.75 Å². The van der Waals surface area contributed by atoms with Gasteiger partial charge in [0.25, 0.3) is 5.91 Å². The first-order valence-corrected chi connectivity index (χ1v) is 5.48. The summed E-state index contributed by atoms with van der Waals surface area (Å²) in [6.45, 7) is 7.09. The number of carbonyl (C=O) groups is 1. The van der Waals surface area contributed by atoms with Gasteiger partial charge in [0.15, 0.2) is 18.2 Å². The number of amides is 1. The second-order valence-electron chi connectivity index (χ2n) is 4.97. The van der Waals surface area contributed by atoms with Crippen molar-refractivity contribution in [3.8, 4) is 5.75 Å². The maximum atomic E-state index is 13.5. The van der Waals surface area contributed by atoms with Crippen molar-refractivity contribution in [1.29, 1.82) is 0 Å². The lowest BCUT2D eigenvalue weighted by Crippen LogP contribution is -2.43. The van der Waals surface area contributed by atoms with Gasteiger partial charge in [-0.1, -0.05) is 12.1 Å². The van der Waals surface area contributed by atoms with Gasteiger partial charge in [-0.05, 0) is 39.3 Å². The Bertz CT molecular complexity index is 410. The van der Waals surface area contributed by atoms with E-state index in [0.29, 0.717) is 5.56 Å². The largest absolute Gasteiger partial charge is 0.481 e. The van der Waals surface area contributed by atoms with E-state index >= 15 is 0 Å². The van der Waals surface area contributed by atoms with E-state index in [9.17, 15) is 9.18 Å². The van der Waals surface area contributed by atoms with E-state index < -0.39 is 5.82 Å². The van der Waals surface area contributed by atoms with Crippen molar-refractivity contribution in [2.75, 3.05) is 6.61 Å². The zero-order valence-electron chi connectivity index (χ0n) is 10.6. The van der Waals surface area contributed by atoms with Gasteiger partial charge >= 0.3 is 0 Å². The van der Waals surface area contributed by atoms with Crippen LogP contribution in [-0.4, -0.2) is 18.1 Å². The molecule has 1 aromatic rings. The molecule has 0 unspecified atom stereocenters. The number of hydrogen-bond donors (Lipinski definition) is 1. The summed E-state index contributed by atoms with van der Waals surface area (Å²) >= 11 is 0. The summed E-state index contributed by atoms with van der Waals surface area (Å²) in [5.74, 6) is -0.580. The standard InChI is InChI=1S/C13H18FNO2/c1-9-6-5-7-10(12(9)14)17-8-11(16)15-13(2,3)4/h5-7H,8H2,1-4H3,(H,15,16). The highest BCUT2D eigenvalue weighted by molar-refractivity contribution is 5.78. The van der Waals surface area contributed by atoms with Crippen molar-refractivity contribution < 1.29 is 13.9 Å². The van der Waals surface area contributed by atoms with E-state index in [1.54, 1.807) is 19.1 Å². The zero-order valence-corrected chi connectivity index (χ0v) is 10.6. The van der Waals surface area contributed by atoms with Crippen LogP contribution in [0.15, 0.2) is 18.2 Å². The Balaban J connectivity index is 2.56. The summed E-state index contributed by atoms with van der Waals surface area (Å²) in [5, 5.41) is 2.74. The molecule has 0 fully saturated rings. The molecule has 94 valence electrons. The minimum absolute atomic E-state index is 0.106. The molecule has 0 heterocycles. The number of benzene rings is 1. The van der Waals surface area contributed by atoms with Crippen LogP contribution in [0.2, 0.25) is 0 Å². The van der Waals surface area contributed by atoms with Crippen molar-refractivity contribution >= 4 is 5.91 Å². The lowest BCUT2D eigenvalue weighted by atomic mass is 10.1. The predicted octanol–water partition coefficient (Wildman–Crippen LogP) is 2.43. The van der Waals surface area contributed by atoms with E-state index in [1.165, 1.54) is 6.07 Å². The van der Waals surface area contributed by atoms with Crippen LogP contribution in [0.1, 0.15) is 26.3 Å². The SMILES string of the molecule is Cc1cccc(OCC(=O)NC(C)(C)C)c1F. The van der Waals surface area contributed by atoms with Gasteiger partial charge in [0, 0.05) is 5.54 Å². The third-order valence-corrected chi connectivity index (χ3v) is 2.03. The predicted molar refractivity (Wildman–Crippen MR) is 64.5 cm³/mol. The molecular formula is C13H18FNO2. The molecule has 1 rings (SSSR count). The summed E-state index contributed by atoms with van der Waals surface area (Å²) in [5.41, 5.74) is 0.185. The number of carbonyl (C=O) groups excluding carboxylic acids is 1. The Morgan fingerprint density at radius 2 is 2.06 bits per heavy atom. The molecule has 0 spiro atoms. The zero-order chi connectivity index (χ0) is 13.1. The maximum absolute atomic E-state index is 13.5. The van der Waals surface area contributed by atoms with E-state index in [4.69, 9.17) is 4.74 Å². The Kier molecular flexibility index (Phi) is 4.10. The molecule has 0 bridgehead atoms. The van der Waals surface area contributed by atoms with Crippen molar-refractivity contribution in [3.63, 3.8) is 0 Å². The average molecular weight is 239 g/mol. The number of rotatable bonds is 3. The topological polar surface area (TPSA) is 38.3 Å². The molecule has 1 N–H and O–H groups in total. The van der Waals surface area contributed by atoms with Crippen LogP contribution >= 0.6 is 0 Å². The number of aryl methyl sites for hydroxylation is 1. The first-order valence-electron chi connectivity index (χ1n) is 5.48. The fourth-order valence-corrected chi connectivity index (χ4v) is 1.33. The highest BCUT2D eigenvalue weighted by Gasteiger charge is 2.14. The summed E-state index contributed by atoms with van der Waals surface area (Å²) in [6, 6.07) is 4.85. The van der Waals surface area contributed by atoms with Crippen molar-refractivity contribution in [2.45, 2.75) is 33.2 Å². The van der Waals surface area contributed by atoms with Gasteiger partial charge in [0.1, 0.15) is 0 Å². The molecule has 3 nitrogen and oxygen atoms in total. The number of ether oxygens (including phenoxy) is 1. The highest BCUT2D eigenvalue weighted by Crippen LogP contribution is 2.19. The quantitative estimate of drug-likeness (QED) is 0.879. The summed E-state index contributed by atoms with van der Waals surface area (Å²) in [6.07, 6.45) is 0. The Hall–Kier alpha value is -1.58. The van der Waals surface area contributed by atoms with Crippen LogP contribution in [0.3, 0.4) is 0 Å². The van der Waals surface area contributed by atoms with Gasteiger partial charge < -0.3 is 10.1 Å². The van der Waals surface area contributed by atoms with Crippen molar-refractivity contribution in [3.05, 3.63) is 29.6 Å². The van der Waals surface area contributed by atoms with Gasteiger partial charge in [0.2, 0.25) is 0 Å². The van der Waals surface area contributed by atoms with E-state index in [2.05, 4.69) is 5.32 Å². The third kappa shape index (κ3) is 4.43. The van der Waals surface area contributed by atoms with Crippen LogP contribution in [0.4, 0.5) is 4.39 Å². The molecule has 0 aromatic heterocycles. The highest BCUT2D eigenvalue weighted by atomic mass is 19.1. The number of halogens is 1. The minimum atomic E-state index is -0.420. The molecule has 1 aromatic carbocycles. The molecule has 0 radical (unpaired) electrons. The fourth-order valence-electron chi connectivity index (χ4n) is 1.33. The summed E-state index contributed by atoms with van der Waals surface area (Å²) in [4.78, 5) is 11.5. The lowest BCUT2D eigenvalue weighted by Gasteiger charge is -2.20. The van der Waals surface area contributed by atoms with Crippen LogP contribution < -0.4 is 10.1 Å². The van der Waals surface area contributed by atoms with Gasteiger partial charge in [0.05, 0.1) is 0 Å². The Labute approximate surface area is 101 Å². The normalized spacial score (nSPS) is 11.1. The molecular weight excluding hydrogens is 221 g/mol. The maximum Gasteiger partial charge on any atom is 0.258 e. The van der Waals surface area contributed by atoms with Crippen molar-refractivity contribution in [2.24, 2.45) is 0 Å². The minimum Gasteiger partial charge on any atom is -0.481 e. The second-order valence-corrected chi connectivity index (χ2v) is 4.97. The third-order valence-electron chi connectivity index (χ3n) is 2.03. The van der Waals surface area contributed by atoms with E-state index in [-0.39, 0.29) is 23.8 Å². The smallest absolute Gasteiger partial charge is 0.258 e. The van der Waals surface area contributed by atoms with E-state index in [1.807, 2.05) is 20.8 Å². The molecule has 17 heavy (non-hydrogen) atoms. The number of nitrogens with one attached hydrogen (secondary N) is 1. The summed E-state index contributed by atoms with van der Waals surface area (Å²) < 4.78 is 18.7. The van der Waals surface area contributed by atoms with Gasteiger partial charge in [-0.25, -0.2) is 4.39 Å².